The maximum absolute atomic E-state index is 11.5. The average Bonchev–Trinajstić information content (AvgIpc) is 3.18. The van der Waals surface area contributed by atoms with Crippen LogP contribution in [0.4, 0.5) is 11.8 Å². The van der Waals surface area contributed by atoms with Crippen LogP contribution in [0.1, 0.15) is 32.4 Å². The zero-order valence-electron chi connectivity index (χ0n) is 17.5. The van der Waals surface area contributed by atoms with Gasteiger partial charge in [0.15, 0.2) is 24.0 Å². The van der Waals surface area contributed by atoms with Crippen molar-refractivity contribution in [3.8, 4) is 11.5 Å². The number of nitrogens with zero attached hydrogens (tertiary/aromatic N) is 3. The number of aldehydes is 1. The van der Waals surface area contributed by atoms with Gasteiger partial charge in [0.05, 0.1) is 32.9 Å². The van der Waals surface area contributed by atoms with Crippen LogP contribution in [-0.4, -0.2) is 49.4 Å². The lowest BCUT2D eigenvalue weighted by molar-refractivity contribution is -0.115. The second kappa shape index (κ2) is 9.09. The van der Waals surface area contributed by atoms with E-state index in [2.05, 4.69) is 29.1 Å². The van der Waals surface area contributed by atoms with Gasteiger partial charge in [0.2, 0.25) is 5.95 Å². The summed E-state index contributed by atoms with van der Waals surface area (Å²) < 4.78 is 16.3. The van der Waals surface area contributed by atoms with Gasteiger partial charge in [0.1, 0.15) is 5.82 Å². The summed E-state index contributed by atoms with van der Waals surface area (Å²) in [6.07, 6.45) is 1.86. The van der Waals surface area contributed by atoms with E-state index in [1.807, 2.05) is 30.0 Å². The molecule has 0 amide bonds. The van der Waals surface area contributed by atoms with Gasteiger partial charge in [-0.2, -0.15) is 4.98 Å². The molecular weight excluding hydrogens is 372 g/mol. The lowest BCUT2D eigenvalue weighted by atomic mass is 10.0. The number of benzene rings is 1. The van der Waals surface area contributed by atoms with Gasteiger partial charge >= 0.3 is 0 Å². The molecule has 3 rings (SSSR count). The molecule has 1 fully saturated rings. The van der Waals surface area contributed by atoms with Crippen molar-refractivity contribution in [2.24, 2.45) is 5.92 Å². The smallest absolute Gasteiger partial charge is 0.225 e. The van der Waals surface area contributed by atoms with Crippen molar-refractivity contribution in [2.75, 3.05) is 31.0 Å². The summed E-state index contributed by atoms with van der Waals surface area (Å²) in [6.45, 7) is 6.72. The van der Waals surface area contributed by atoms with Crippen LogP contribution in [0.25, 0.3) is 0 Å². The summed E-state index contributed by atoms with van der Waals surface area (Å²) in [7, 11) is 3.22. The third-order valence-corrected chi connectivity index (χ3v) is 5.11. The second-order valence-electron chi connectivity index (χ2n) is 7.30. The van der Waals surface area contributed by atoms with E-state index in [0.29, 0.717) is 35.8 Å². The minimum absolute atomic E-state index is 0.0670. The topological polar surface area (TPSA) is 85.8 Å². The summed E-state index contributed by atoms with van der Waals surface area (Å²) in [6, 6.07) is 7.57. The number of nitrogens with one attached hydrogen (secondary N) is 1. The standard InChI is InChI=1S/C21H28N4O4/c1-13(2)16-12-29-20(11-26)25(16)19-8-9-22-21(24-19)23-14(3)15-6-7-17(27-4)18(10-15)28-5/h6-11,13-14,16,20H,12H2,1-5H3,(H,22,23,24)/t14-,16-,20?/m1/s1. The summed E-state index contributed by atoms with van der Waals surface area (Å²) >= 11 is 0. The van der Waals surface area contributed by atoms with E-state index in [1.54, 1.807) is 26.5 Å². The monoisotopic (exact) mass is 400 g/mol. The van der Waals surface area contributed by atoms with Crippen LogP contribution >= 0.6 is 0 Å². The van der Waals surface area contributed by atoms with Crippen LogP contribution < -0.4 is 19.7 Å². The highest BCUT2D eigenvalue weighted by molar-refractivity contribution is 5.64. The molecule has 8 nitrogen and oxygen atoms in total. The lowest BCUT2D eigenvalue weighted by Crippen LogP contribution is -2.41. The Balaban J connectivity index is 1.81. The van der Waals surface area contributed by atoms with Crippen LogP contribution in [0.3, 0.4) is 0 Å². The van der Waals surface area contributed by atoms with Gasteiger partial charge in [-0.3, -0.25) is 4.79 Å². The molecule has 1 aliphatic rings. The summed E-state index contributed by atoms with van der Waals surface area (Å²) in [5.41, 5.74) is 1.01. The Morgan fingerprint density at radius 1 is 1.21 bits per heavy atom. The molecule has 0 bridgehead atoms. The quantitative estimate of drug-likeness (QED) is 0.677. The third kappa shape index (κ3) is 4.42. The molecule has 8 heteroatoms. The van der Waals surface area contributed by atoms with Crippen molar-refractivity contribution in [1.29, 1.82) is 0 Å². The van der Waals surface area contributed by atoms with Crippen LogP contribution in [0, 0.1) is 5.92 Å². The first-order valence-electron chi connectivity index (χ1n) is 9.65. The van der Waals surface area contributed by atoms with Crippen molar-refractivity contribution in [3.05, 3.63) is 36.0 Å². The fraction of sp³-hybridized carbons (Fsp3) is 0.476. The Morgan fingerprint density at radius 2 is 1.97 bits per heavy atom. The number of carbonyl (C=O) groups is 1. The van der Waals surface area contributed by atoms with Gasteiger partial charge in [-0.15, -0.1) is 0 Å². The van der Waals surface area contributed by atoms with Crippen molar-refractivity contribution in [1.82, 2.24) is 9.97 Å². The number of aromatic nitrogens is 2. The summed E-state index contributed by atoms with van der Waals surface area (Å²) in [5, 5.41) is 3.31. The molecule has 0 saturated carbocycles. The summed E-state index contributed by atoms with van der Waals surface area (Å²) in [4.78, 5) is 22.4. The van der Waals surface area contributed by atoms with E-state index in [1.165, 1.54) is 0 Å². The van der Waals surface area contributed by atoms with Gasteiger partial charge < -0.3 is 24.4 Å². The fourth-order valence-corrected chi connectivity index (χ4v) is 3.43. The Kier molecular flexibility index (Phi) is 6.53. The molecule has 1 aromatic heterocycles. The normalized spacial score (nSPS) is 19.9. The Bertz CT molecular complexity index is 845. The predicted molar refractivity (Wildman–Crippen MR) is 111 cm³/mol. The maximum atomic E-state index is 11.5. The molecule has 3 atom stereocenters. The zero-order valence-corrected chi connectivity index (χ0v) is 17.5. The number of methoxy groups -OCH3 is 2. The molecule has 1 N–H and O–H groups in total. The Hall–Kier alpha value is -2.87. The van der Waals surface area contributed by atoms with E-state index in [9.17, 15) is 4.79 Å². The van der Waals surface area contributed by atoms with Crippen LogP contribution in [0.2, 0.25) is 0 Å². The van der Waals surface area contributed by atoms with E-state index in [0.717, 1.165) is 11.8 Å². The average molecular weight is 400 g/mol. The van der Waals surface area contributed by atoms with Crippen LogP contribution in [-0.2, 0) is 9.53 Å². The van der Waals surface area contributed by atoms with Gasteiger partial charge in [-0.1, -0.05) is 19.9 Å². The Labute approximate surface area is 171 Å². The molecular formula is C21H28N4O4. The molecule has 156 valence electrons. The van der Waals surface area contributed by atoms with Crippen molar-refractivity contribution in [3.63, 3.8) is 0 Å². The van der Waals surface area contributed by atoms with Gasteiger partial charge in [0, 0.05) is 6.20 Å². The minimum Gasteiger partial charge on any atom is -0.493 e. The molecule has 0 radical (unpaired) electrons. The largest absolute Gasteiger partial charge is 0.493 e. The lowest BCUT2D eigenvalue weighted by Gasteiger charge is -2.29. The molecule has 1 aromatic carbocycles. The first kappa shape index (κ1) is 20.9. The highest BCUT2D eigenvalue weighted by atomic mass is 16.5. The summed E-state index contributed by atoms with van der Waals surface area (Å²) in [5.74, 6) is 2.79. The molecule has 0 aliphatic carbocycles. The van der Waals surface area contributed by atoms with E-state index in [4.69, 9.17) is 14.2 Å². The number of rotatable bonds is 8. The number of hydrogen-bond acceptors (Lipinski definition) is 8. The van der Waals surface area contributed by atoms with Gasteiger partial charge in [-0.05, 0) is 36.6 Å². The minimum atomic E-state index is -0.631. The van der Waals surface area contributed by atoms with E-state index in [-0.39, 0.29) is 12.1 Å². The molecule has 0 spiro atoms. The molecule has 1 aliphatic heterocycles. The zero-order chi connectivity index (χ0) is 21.0. The fourth-order valence-electron chi connectivity index (χ4n) is 3.43. The highest BCUT2D eigenvalue weighted by Crippen LogP contribution is 2.31. The second-order valence-corrected chi connectivity index (χ2v) is 7.30. The Morgan fingerprint density at radius 3 is 2.62 bits per heavy atom. The molecule has 29 heavy (non-hydrogen) atoms. The first-order valence-corrected chi connectivity index (χ1v) is 9.65. The third-order valence-electron chi connectivity index (χ3n) is 5.11. The highest BCUT2D eigenvalue weighted by Gasteiger charge is 2.37. The number of carbonyl (C=O) groups excluding carboxylic acids is 1. The predicted octanol–water partition coefficient (Wildman–Crippen LogP) is 3.05. The molecule has 2 heterocycles. The molecule has 1 unspecified atom stereocenters. The first-order chi connectivity index (χ1) is 14.0. The van der Waals surface area contributed by atoms with Crippen molar-refractivity contribution in [2.45, 2.75) is 39.1 Å². The van der Waals surface area contributed by atoms with Crippen LogP contribution in [0.5, 0.6) is 11.5 Å². The number of anilines is 2. The van der Waals surface area contributed by atoms with E-state index < -0.39 is 6.23 Å². The van der Waals surface area contributed by atoms with Gasteiger partial charge in [-0.25, -0.2) is 4.98 Å². The maximum Gasteiger partial charge on any atom is 0.225 e. The molecule has 2 aromatic rings. The van der Waals surface area contributed by atoms with Crippen molar-refractivity contribution < 1.29 is 19.0 Å². The number of ether oxygens (including phenoxy) is 3. The van der Waals surface area contributed by atoms with Crippen LogP contribution in [0.15, 0.2) is 30.5 Å². The van der Waals surface area contributed by atoms with E-state index >= 15 is 0 Å². The SMILES string of the molecule is COc1ccc([C@@H](C)Nc2nccc(N3C(C=O)OC[C@@H]3C(C)C)n2)cc1OC. The number of hydrogen-bond donors (Lipinski definition) is 1. The van der Waals surface area contributed by atoms with Crippen molar-refractivity contribution >= 4 is 18.1 Å². The molecule has 1 saturated heterocycles. The van der Waals surface area contributed by atoms with Gasteiger partial charge in [0.25, 0.3) is 0 Å².